The molecule has 0 aliphatic carbocycles. The summed E-state index contributed by atoms with van der Waals surface area (Å²) in [6, 6.07) is 34.8. The van der Waals surface area contributed by atoms with Crippen molar-refractivity contribution in [2.45, 2.75) is 85.2 Å². The lowest BCUT2D eigenvalue weighted by Crippen LogP contribution is -2.45. The number of nitriles is 1. The fourth-order valence-corrected chi connectivity index (χ4v) is 7.56. The molecule has 0 radical (unpaired) electrons. The van der Waals surface area contributed by atoms with E-state index in [0.717, 1.165) is 41.3 Å². The van der Waals surface area contributed by atoms with Crippen LogP contribution in [0.3, 0.4) is 0 Å². The van der Waals surface area contributed by atoms with Gasteiger partial charge in [-0.1, -0.05) is 101 Å². The molecule has 9 heteroatoms. The summed E-state index contributed by atoms with van der Waals surface area (Å²) in [4.78, 5) is 40.4. The first-order valence-electron chi connectivity index (χ1n) is 21.4. The number of imide groups is 1. The average Bonchev–Trinajstić information content (AvgIpc) is 3.93. The van der Waals surface area contributed by atoms with Crippen molar-refractivity contribution in [3.8, 4) is 6.07 Å². The highest BCUT2D eigenvalue weighted by Crippen LogP contribution is 2.36. The molecule has 1 N–H and O–H groups in total. The number of aryl methyl sites for hydroxylation is 2. The lowest BCUT2D eigenvalue weighted by molar-refractivity contribution is -0.149. The number of carbonyl (C=O) groups is 3. The van der Waals surface area contributed by atoms with E-state index in [9.17, 15) is 24.8 Å². The maximum Gasteiger partial charge on any atom is 0.323 e. The molecule has 3 aromatic carbocycles. The molecule has 0 spiro atoms. The van der Waals surface area contributed by atoms with Crippen LogP contribution in [0.15, 0.2) is 126 Å². The fourth-order valence-electron chi connectivity index (χ4n) is 7.56. The number of nitrogens with zero attached hydrogens (tertiary/aromatic N) is 5. The third kappa shape index (κ3) is 11.2. The summed E-state index contributed by atoms with van der Waals surface area (Å²) in [5.74, 6) is -3.00. The third-order valence-electron chi connectivity index (χ3n) is 11.0. The minimum atomic E-state index is -1.35. The van der Waals surface area contributed by atoms with Crippen molar-refractivity contribution in [2.24, 2.45) is 0 Å². The van der Waals surface area contributed by atoms with E-state index in [-0.39, 0.29) is 16.7 Å². The van der Waals surface area contributed by atoms with Crippen LogP contribution >= 0.6 is 0 Å². The van der Waals surface area contributed by atoms with E-state index in [1.807, 2.05) is 30.3 Å². The van der Waals surface area contributed by atoms with Gasteiger partial charge in [0.05, 0.1) is 0 Å². The van der Waals surface area contributed by atoms with Gasteiger partial charge in [0.2, 0.25) is 0 Å². The maximum absolute atomic E-state index is 13.3. The maximum atomic E-state index is 13.3. The highest BCUT2D eigenvalue weighted by molar-refractivity contribution is 6.20. The molecule has 0 bridgehead atoms. The topological polar surface area (TPSA) is 112 Å². The van der Waals surface area contributed by atoms with Crippen molar-refractivity contribution < 1.29 is 19.5 Å². The van der Waals surface area contributed by atoms with E-state index >= 15 is 0 Å². The lowest BCUT2D eigenvalue weighted by Gasteiger charge is -2.26. The summed E-state index contributed by atoms with van der Waals surface area (Å²) in [6.07, 6.45) is 24.3. The number of hydrogen-bond acceptors (Lipinski definition) is 5. The Morgan fingerprint density at radius 1 is 0.639 bits per heavy atom. The largest absolute Gasteiger partial charge is 0.480 e. The Labute approximate surface area is 359 Å². The van der Waals surface area contributed by atoms with E-state index in [0.29, 0.717) is 10.5 Å². The average molecular weight is 814 g/mol. The molecular formula is C52H55N5O4. The van der Waals surface area contributed by atoms with Crippen molar-refractivity contribution in [1.29, 1.82) is 5.26 Å². The number of aromatic nitrogens is 2. The number of hydrogen-bond donors (Lipinski definition) is 1. The summed E-state index contributed by atoms with van der Waals surface area (Å²) >= 11 is 0. The number of benzene rings is 3. The van der Waals surface area contributed by atoms with Gasteiger partial charge in [-0.3, -0.25) is 19.3 Å². The predicted molar refractivity (Wildman–Crippen MR) is 247 cm³/mol. The standard InChI is InChI=1S/C52H55N5O4/c1-4-6-8-10-32-54-34-12-14-43(54)24-16-40-18-26-45(27-19-40)57(46-28-20-41(21-29-46)17-25-44-15-13-35-55(44)33-11-9-7-5-2)47-30-22-42(23-31-47)36-48-39(3)49(37-53)52(61)56(51(48)60)38-50(58)59/h12-31,34-36H,4-11,32-33,38H2,1-3H3,(H,58,59)/b24-16+,25-17+,48-36+. The Bertz CT molecular complexity index is 2350. The third-order valence-corrected chi connectivity index (χ3v) is 11.0. The molecule has 6 rings (SSSR count). The lowest BCUT2D eigenvalue weighted by atomic mass is 9.93. The van der Waals surface area contributed by atoms with Crippen LogP contribution < -0.4 is 4.90 Å². The van der Waals surface area contributed by atoms with Gasteiger partial charge in [-0.05, 0) is 121 Å². The molecule has 61 heavy (non-hydrogen) atoms. The second-order valence-electron chi connectivity index (χ2n) is 15.4. The van der Waals surface area contributed by atoms with Crippen LogP contribution in [0.25, 0.3) is 30.4 Å². The molecule has 0 unspecified atom stereocenters. The van der Waals surface area contributed by atoms with E-state index < -0.39 is 24.3 Å². The summed E-state index contributed by atoms with van der Waals surface area (Å²) in [5, 5.41) is 19.1. The number of rotatable bonds is 20. The number of carbonyl (C=O) groups excluding carboxylic acids is 2. The molecule has 1 aliphatic rings. The molecule has 2 aromatic heterocycles. The number of amides is 2. The number of carboxylic acids is 1. The molecule has 312 valence electrons. The van der Waals surface area contributed by atoms with Crippen LogP contribution in [0.1, 0.15) is 100 Å². The van der Waals surface area contributed by atoms with Crippen LogP contribution in [0.5, 0.6) is 0 Å². The fraction of sp³-hybridized carbons (Fsp3) is 0.269. The number of aliphatic carboxylic acids is 1. The Hall–Kier alpha value is -6.92. The van der Waals surface area contributed by atoms with Crippen LogP contribution in [-0.2, 0) is 27.5 Å². The van der Waals surface area contributed by atoms with Crippen molar-refractivity contribution in [1.82, 2.24) is 14.0 Å². The Kier molecular flexibility index (Phi) is 15.3. The minimum Gasteiger partial charge on any atom is -0.480 e. The highest BCUT2D eigenvalue weighted by atomic mass is 16.4. The second kappa shape index (κ2) is 21.4. The Morgan fingerprint density at radius 2 is 1.10 bits per heavy atom. The summed E-state index contributed by atoms with van der Waals surface area (Å²) in [5.41, 5.74) is 8.01. The molecule has 9 nitrogen and oxygen atoms in total. The Balaban J connectivity index is 1.28. The van der Waals surface area contributed by atoms with Gasteiger partial charge >= 0.3 is 5.97 Å². The number of carboxylic acid groups (broad SMARTS) is 1. The zero-order valence-electron chi connectivity index (χ0n) is 35.5. The van der Waals surface area contributed by atoms with E-state index in [1.54, 1.807) is 6.08 Å². The SMILES string of the molecule is CCCCCCn1cccc1/C=C/c1ccc(N(c2ccc(/C=C/c3cccn3CCCCCC)cc2)c2ccc(/C=C3/C(=O)N(CC(=O)O)C(=O)C(C#N)=C3C)cc2)cc1. The molecule has 2 amide bonds. The second-order valence-corrected chi connectivity index (χ2v) is 15.4. The molecule has 3 heterocycles. The van der Waals surface area contributed by atoms with Crippen molar-refractivity contribution in [3.63, 3.8) is 0 Å². The molecule has 5 aromatic rings. The minimum absolute atomic E-state index is 0.0989. The van der Waals surface area contributed by atoms with E-state index in [4.69, 9.17) is 0 Å². The number of anilines is 3. The van der Waals surface area contributed by atoms with Crippen molar-refractivity contribution in [3.05, 3.63) is 154 Å². The molecule has 1 aliphatic heterocycles. The summed E-state index contributed by atoms with van der Waals surface area (Å²) in [6.45, 7) is 7.18. The zero-order chi connectivity index (χ0) is 43.1. The predicted octanol–water partition coefficient (Wildman–Crippen LogP) is 11.9. The quantitative estimate of drug-likeness (QED) is 0.0476. The first-order chi connectivity index (χ1) is 29.7. The van der Waals surface area contributed by atoms with E-state index in [2.05, 4.69) is 137 Å². The smallest absolute Gasteiger partial charge is 0.323 e. The van der Waals surface area contributed by atoms with Gasteiger partial charge in [0, 0.05) is 59.5 Å². The zero-order valence-corrected chi connectivity index (χ0v) is 35.5. The molecule has 0 saturated heterocycles. The monoisotopic (exact) mass is 813 g/mol. The van der Waals surface area contributed by atoms with Crippen molar-refractivity contribution in [2.75, 3.05) is 11.4 Å². The molecule has 0 saturated carbocycles. The molecule has 0 fully saturated rings. The van der Waals surface area contributed by atoms with Gasteiger partial charge in [0.15, 0.2) is 0 Å². The van der Waals surface area contributed by atoms with E-state index in [1.165, 1.54) is 69.7 Å². The number of unbranched alkanes of at least 4 members (excludes halogenated alkanes) is 6. The van der Waals surface area contributed by atoms with Gasteiger partial charge in [-0.2, -0.15) is 5.26 Å². The first-order valence-corrected chi connectivity index (χ1v) is 21.4. The van der Waals surface area contributed by atoms with Gasteiger partial charge in [0.25, 0.3) is 11.8 Å². The van der Waals surface area contributed by atoms with Gasteiger partial charge in [-0.15, -0.1) is 0 Å². The van der Waals surface area contributed by atoms with Crippen LogP contribution in [0.2, 0.25) is 0 Å². The van der Waals surface area contributed by atoms with Crippen LogP contribution in [0, 0.1) is 11.3 Å². The highest BCUT2D eigenvalue weighted by Gasteiger charge is 2.36. The summed E-state index contributed by atoms with van der Waals surface area (Å²) < 4.78 is 4.62. The normalized spacial score (nSPS) is 13.9. The van der Waals surface area contributed by atoms with Crippen LogP contribution in [-0.4, -0.2) is 43.5 Å². The van der Waals surface area contributed by atoms with Gasteiger partial charge in [0.1, 0.15) is 18.2 Å². The molecule has 0 atom stereocenters. The van der Waals surface area contributed by atoms with Gasteiger partial charge < -0.3 is 19.1 Å². The van der Waals surface area contributed by atoms with Gasteiger partial charge in [-0.25, -0.2) is 0 Å². The van der Waals surface area contributed by atoms with Crippen LogP contribution in [0.4, 0.5) is 17.1 Å². The summed E-state index contributed by atoms with van der Waals surface area (Å²) in [7, 11) is 0. The Morgan fingerprint density at radius 3 is 1.52 bits per heavy atom. The molecular weight excluding hydrogens is 759 g/mol. The first kappa shape index (κ1) is 43.7. The van der Waals surface area contributed by atoms with Crippen molar-refractivity contribution >= 4 is 65.2 Å².